The van der Waals surface area contributed by atoms with E-state index < -0.39 is 6.10 Å². The molecule has 0 bridgehead atoms. The first-order chi connectivity index (χ1) is 37.0. The van der Waals surface area contributed by atoms with Crippen LogP contribution in [-0.4, -0.2) is 37.2 Å². The van der Waals surface area contributed by atoms with Gasteiger partial charge in [-0.25, -0.2) is 0 Å². The van der Waals surface area contributed by atoms with Crippen LogP contribution >= 0.6 is 0 Å². The summed E-state index contributed by atoms with van der Waals surface area (Å²) in [4.78, 5) is 38.3. The summed E-state index contributed by atoms with van der Waals surface area (Å²) in [6.07, 6.45) is 79.8. The van der Waals surface area contributed by atoms with Gasteiger partial charge in [0.2, 0.25) is 0 Å². The minimum atomic E-state index is -0.784. The molecule has 0 heterocycles. The Morgan fingerprint density at radius 1 is 0.280 bits per heavy atom. The van der Waals surface area contributed by atoms with Crippen LogP contribution in [0.15, 0.2) is 48.6 Å². The lowest BCUT2D eigenvalue weighted by atomic mass is 10.0. The highest BCUT2D eigenvalue weighted by atomic mass is 16.6. The average molecular weight is 1050 g/mol. The number of carbonyl (C=O) groups excluding carboxylic acids is 3. The minimum Gasteiger partial charge on any atom is -0.462 e. The molecular weight excluding hydrogens is 925 g/mol. The van der Waals surface area contributed by atoms with Crippen molar-refractivity contribution in [2.75, 3.05) is 13.2 Å². The molecular formula is C69H126O6. The Labute approximate surface area is 467 Å². The zero-order valence-corrected chi connectivity index (χ0v) is 50.3. The second-order valence-corrected chi connectivity index (χ2v) is 22.4. The monoisotopic (exact) mass is 1050 g/mol. The fraction of sp³-hybridized carbons (Fsp3) is 0.841. The van der Waals surface area contributed by atoms with Crippen molar-refractivity contribution in [3.63, 3.8) is 0 Å². The molecule has 0 amide bonds. The van der Waals surface area contributed by atoms with Crippen LogP contribution in [0.1, 0.15) is 355 Å². The van der Waals surface area contributed by atoms with Gasteiger partial charge < -0.3 is 14.2 Å². The fourth-order valence-electron chi connectivity index (χ4n) is 9.91. The number of hydrogen-bond donors (Lipinski definition) is 0. The first-order valence-corrected chi connectivity index (χ1v) is 33.1. The molecule has 0 aromatic heterocycles. The Morgan fingerprint density at radius 3 is 0.813 bits per heavy atom. The summed E-state index contributed by atoms with van der Waals surface area (Å²) in [5, 5.41) is 0. The molecule has 0 aliphatic rings. The molecule has 1 atom stereocenters. The summed E-state index contributed by atoms with van der Waals surface area (Å²) in [6.45, 7) is 6.57. The van der Waals surface area contributed by atoms with Gasteiger partial charge in [0.1, 0.15) is 13.2 Å². The van der Waals surface area contributed by atoms with E-state index in [1.54, 1.807) is 0 Å². The van der Waals surface area contributed by atoms with Crippen LogP contribution in [0.4, 0.5) is 0 Å². The van der Waals surface area contributed by atoms with E-state index in [0.29, 0.717) is 19.3 Å². The largest absolute Gasteiger partial charge is 0.462 e. The Morgan fingerprint density at radius 2 is 0.520 bits per heavy atom. The lowest BCUT2D eigenvalue weighted by molar-refractivity contribution is -0.167. The molecule has 0 saturated heterocycles. The van der Waals surface area contributed by atoms with Crippen molar-refractivity contribution in [2.24, 2.45) is 0 Å². The van der Waals surface area contributed by atoms with E-state index in [1.165, 1.54) is 218 Å². The Kier molecular flexibility index (Phi) is 61.7. The van der Waals surface area contributed by atoms with Gasteiger partial charge in [0.05, 0.1) is 0 Å². The topological polar surface area (TPSA) is 78.9 Å². The number of rotatable bonds is 61. The molecule has 0 spiro atoms. The summed E-state index contributed by atoms with van der Waals surface area (Å²) in [7, 11) is 0. The molecule has 0 rings (SSSR count). The highest BCUT2D eigenvalue weighted by Gasteiger charge is 2.19. The molecule has 0 N–H and O–H groups in total. The van der Waals surface area contributed by atoms with Gasteiger partial charge in [0.15, 0.2) is 6.10 Å². The smallest absolute Gasteiger partial charge is 0.306 e. The molecule has 1 unspecified atom stereocenters. The van der Waals surface area contributed by atoms with Crippen LogP contribution in [0.3, 0.4) is 0 Å². The molecule has 6 nitrogen and oxygen atoms in total. The van der Waals surface area contributed by atoms with E-state index in [1.807, 2.05) is 0 Å². The molecule has 0 aliphatic carbocycles. The third-order valence-electron chi connectivity index (χ3n) is 14.8. The van der Waals surface area contributed by atoms with Gasteiger partial charge >= 0.3 is 17.9 Å². The molecule has 6 heteroatoms. The zero-order valence-electron chi connectivity index (χ0n) is 50.3. The van der Waals surface area contributed by atoms with Gasteiger partial charge in [-0.2, -0.15) is 0 Å². The number of carbonyl (C=O) groups is 3. The van der Waals surface area contributed by atoms with Crippen molar-refractivity contribution in [1.29, 1.82) is 0 Å². The van der Waals surface area contributed by atoms with Crippen LogP contribution in [0.5, 0.6) is 0 Å². The molecule has 75 heavy (non-hydrogen) atoms. The van der Waals surface area contributed by atoms with Crippen LogP contribution < -0.4 is 0 Å². The second kappa shape index (κ2) is 63.9. The van der Waals surface area contributed by atoms with Crippen molar-refractivity contribution >= 4 is 17.9 Å². The van der Waals surface area contributed by atoms with Gasteiger partial charge in [-0.05, 0) is 57.8 Å². The highest BCUT2D eigenvalue weighted by molar-refractivity contribution is 5.71. The number of esters is 3. The SMILES string of the molecule is CC/C=C\C/C=C\C/C=C\C/C=C\CCCCCCC(=O)OC(COC(=O)CCCCCCCCCCCCCCCCCC)COC(=O)CCCCCCCCCCCCCCCCCCCCCCCCCC. The minimum absolute atomic E-state index is 0.0782. The quantitative estimate of drug-likeness (QED) is 0.0261. The maximum absolute atomic E-state index is 12.9. The van der Waals surface area contributed by atoms with Crippen LogP contribution in [0, 0.1) is 0 Å². The maximum atomic E-state index is 12.9. The Bertz CT molecular complexity index is 1300. The van der Waals surface area contributed by atoms with E-state index in [9.17, 15) is 14.4 Å². The number of hydrogen-bond acceptors (Lipinski definition) is 6. The van der Waals surface area contributed by atoms with E-state index in [2.05, 4.69) is 69.4 Å². The number of allylic oxidation sites excluding steroid dienone is 8. The first kappa shape index (κ1) is 72.4. The molecule has 0 aromatic rings. The highest BCUT2D eigenvalue weighted by Crippen LogP contribution is 2.18. The Hall–Kier alpha value is -2.63. The van der Waals surface area contributed by atoms with Gasteiger partial charge in [0.25, 0.3) is 0 Å². The third kappa shape index (κ3) is 62.1. The molecule has 438 valence electrons. The predicted molar refractivity (Wildman–Crippen MR) is 325 cm³/mol. The standard InChI is InChI=1S/C69H126O6/c1-4-7-10-13-16-19-22-25-28-31-32-33-34-35-36-37-39-41-44-47-50-53-56-59-62-68(71)74-65-66(64-73-67(70)61-58-55-52-49-46-43-40-30-27-24-21-18-15-12-9-6-3)75-69(72)63-60-57-54-51-48-45-42-38-29-26-23-20-17-14-11-8-5-2/h8,11,17,20,26,29,42,45,66H,4-7,9-10,12-16,18-19,21-25,27-28,30-41,43-44,46-65H2,1-3H3/b11-8-,20-17-,29-26-,45-42-. The van der Waals surface area contributed by atoms with Crippen molar-refractivity contribution in [2.45, 2.75) is 361 Å². The maximum Gasteiger partial charge on any atom is 0.306 e. The summed E-state index contributed by atoms with van der Waals surface area (Å²) in [5.74, 6) is -0.877. The van der Waals surface area contributed by atoms with Gasteiger partial charge in [-0.3, -0.25) is 14.4 Å². The van der Waals surface area contributed by atoms with Crippen molar-refractivity contribution in [1.82, 2.24) is 0 Å². The van der Waals surface area contributed by atoms with E-state index in [0.717, 1.165) is 96.3 Å². The number of unbranched alkanes of at least 4 members (excludes halogenated alkanes) is 42. The zero-order chi connectivity index (χ0) is 54.3. The lowest BCUT2D eigenvalue weighted by Crippen LogP contribution is -2.30. The normalized spacial score (nSPS) is 12.3. The predicted octanol–water partition coefficient (Wildman–Crippen LogP) is 22.6. The van der Waals surface area contributed by atoms with Crippen LogP contribution in [-0.2, 0) is 28.6 Å². The van der Waals surface area contributed by atoms with E-state index >= 15 is 0 Å². The van der Waals surface area contributed by atoms with Crippen LogP contribution in [0.2, 0.25) is 0 Å². The fourth-order valence-corrected chi connectivity index (χ4v) is 9.91. The van der Waals surface area contributed by atoms with E-state index in [4.69, 9.17) is 14.2 Å². The summed E-state index contributed by atoms with van der Waals surface area (Å²) >= 11 is 0. The molecule has 0 aromatic carbocycles. The molecule has 0 fully saturated rings. The van der Waals surface area contributed by atoms with Crippen molar-refractivity contribution in [3.8, 4) is 0 Å². The summed E-state index contributed by atoms with van der Waals surface area (Å²) in [5.41, 5.74) is 0. The van der Waals surface area contributed by atoms with Gasteiger partial charge in [0, 0.05) is 19.3 Å². The Balaban J connectivity index is 4.30. The van der Waals surface area contributed by atoms with Crippen molar-refractivity contribution < 1.29 is 28.6 Å². The first-order valence-electron chi connectivity index (χ1n) is 33.1. The lowest BCUT2D eigenvalue weighted by Gasteiger charge is -2.18. The summed E-state index contributed by atoms with van der Waals surface area (Å²) < 4.78 is 16.9. The molecule has 0 saturated carbocycles. The second-order valence-electron chi connectivity index (χ2n) is 22.4. The van der Waals surface area contributed by atoms with Gasteiger partial charge in [-0.15, -0.1) is 0 Å². The molecule has 0 radical (unpaired) electrons. The number of ether oxygens (including phenoxy) is 3. The van der Waals surface area contributed by atoms with E-state index in [-0.39, 0.29) is 31.1 Å². The molecule has 0 aliphatic heterocycles. The third-order valence-corrected chi connectivity index (χ3v) is 14.8. The summed E-state index contributed by atoms with van der Waals surface area (Å²) in [6, 6.07) is 0. The van der Waals surface area contributed by atoms with Crippen LogP contribution in [0.25, 0.3) is 0 Å². The average Bonchev–Trinajstić information content (AvgIpc) is 3.41. The van der Waals surface area contributed by atoms with Crippen molar-refractivity contribution in [3.05, 3.63) is 48.6 Å². The van der Waals surface area contributed by atoms with Gasteiger partial charge in [-0.1, -0.05) is 326 Å².